The molecule has 0 aromatic heterocycles. The fourth-order valence-electron chi connectivity index (χ4n) is 4.31. The Morgan fingerprint density at radius 3 is 2.62 bits per heavy atom. The Labute approximate surface area is 180 Å². The van der Waals surface area contributed by atoms with Crippen molar-refractivity contribution >= 4 is 29.3 Å². The second-order valence-electron chi connectivity index (χ2n) is 8.65. The molecule has 2 unspecified atom stereocenters. The second-order valence-corrected chi connectivity index (χ2v) is 10.3. The van der Waals surface area contributed by atoms with Gasteiger partial charge in [0.05, 0.1) is 17.5 Å². The molecule has 0 aromatic carbocycles. The third-order valence-corrected chi connectivity index (χ3v) is 7.32. The molecular formula is C19H32ClFN2O5S. The number of alkyl halides is 2. The van der Waals surface area contributed by atoms with Crippen molar-refractivity contribution in [2.45, 2.75) is 92.0 Å². The van der Waals surface area contributed by atoms with Crippen molar-refractivity contribution in [3.8, 4) is 0 Å². The summed E-state index contributed by atoms with van der Waals surface area (Å²) in [4.78, 5) is 12.9. The van der Waals surface area contributed by atoms with Crippen LogP contribution in [-0.4, -0.2) is 87.0 Å². The van der Waals surface area contributed by atoms with Gasteiger partial charge in [-0.3, -0.25) is 4.79 Å². The number of thioether (sulfide) groups is 1. The number of piperidine rings is 1. The first-order valence-electron chi connectivity index (χ1n) is 10.2. The summed E-state index contributed by atoms with van der Waals surface area (Å²) in [5.41, 5.74) is -2.11. The molecule has 1 aliphatic carbocycles. The summed E-state index contributed by atoms with van der Waals surface area (Å²) in [6.45, 7) is 2.07. The van der Waals surface area contributed by atoms with Crippen LogP contribution in [0.2, 0.25) is 0 Å². The quantitative estimate of drug-likeness (QED) is 0.357. The van der Waals surface area contributed by atoms with E-state index in [2.05, 4.69) is 10.6 Å². The molecule has 5 N–H and O–H groups in total. The number of hydrogen-bond donors (Lipinski definition) is 5. The number of halogens is 2. The van der Waals surface area contributed by atoms with Gasteiger partial charge in [0.1, 0.15) is 35.5 Å². The molecule has 0 aromatic rings. The third kappa shape index (κ3) is 5.56. The standard InChI is InChI=1S/C19H32ClFN2O5S/c1-9(20)12(16-14(25)13(24)15(26)18(28-16)29-2)23-17(27)11-8-19(21,5-6-22-11)7-10-3-4-10/h9-16,18,22,24-26H,3-8H2,1-2H3,(H,23,27)/t9-,11-,12+,13-,14+,15+,16?,18+,19?/m0/s1. The molecule has 0 radical (unpaired) electrons. The molecule has 29 heavy (non-hydrogen) atoms. The van der Waals surface area contributed by atoms with E-state index in [1.54, 1.807) is 13.2 Å². The van der Waals surface area contributed by atoms with Crippen LogP contribution in [0.15, 0.2) is 0 Å². The van der Waals surface area contributed by atoms with E-state index in [-0.39, 0.29) is 6.42 Å². The number of rotatable bonds is 7. The van der Waals surface area contributed by atoms with E-state index in [0.717, 1.165) is 12.8 Å². The number of hydrogen-bond acceptors (Lipinski definition) is 7. The van der Waals surface area contributed by atoms with Crippen LogP contribution in [0.5, 0.6) is 0 Å². The van der Waals surface area contributed by atoms with Gasteiger partial charge in [0, 0.05) is 6.42 Å². The van der Waals surface area contributed by atoms with Gasteiger partial charge in [-0.2, -0.15) is 0 Å². The van der Waals surface area contributed by atoms with Crippen molar-refractivity contribution in [2.75, 3.05) is 12.8 Å². The summed E-state index contributed by atoms with van der Waals surface area (Å²) < 4.78 is 21.0. The molecule has 3 rings (SSSR count). The smallest absolute Gasteiger partial charge is 0.237 e. The van der Waals surface area contributed by atoms with Gasteiger partial charge in [-0.1, -0.05) is 12.8 Å². The molecule has 0 spiro atoms. The summed E-state index contributed by atoms with van der Waals surface area (Å²) in [5, 5.41) is 35.9. The van der Waals surface area contributed by atoms with Crippen LogP contribution in [0.25, 0.3) is 0 Å². The molecule has 2 heterocycles. The van der Waals surface area contributed by atoms with Crippen LogP contribution in [0, 0.1) is 5.92 Å². The lowest BCUT2D eigenvalue weighted by Gasteiger charge is -2.44. The first-order valence-corrected chi connectivity index (χ1v) is 12.0. The molecule has 3 fully saturated rings. The zero-order valence-corrected chi connectivity index (χ0v) is 18.3. The lowest BCUT2D eigenvalue weighted by atomic mass is 9.84. The summed E-state index contributed by atoms with van der Waals surface area (Å²) >= 11 is 7.47. The Hall–Kier alpha value is -0.160. The highest BCUT2D eigenvalue weighted by Crippen LogP contribution is 2.42. The maximum Gasteiger partial charge on any atom is 0.237 e. The van der Waals surface area contributed by atoms with E-state index in [1.807, 2.05) is 0 Å². The Kier molecular flexibility index (Phi) is 7.73. The molecule has 2 aliphatic heterocycles. The van der Waals surface area contributed by atoms with Gasteiger partial charge < -0.3 is 30.7 Å². The van der Waals surface area contributed by atoms with E-state index in [1.165, 1.54) is 11.8 Å². The topological polar surface area (TPSA) is 111 Å². The Bertz CT molecular complexity index is 585. The zero-order valence-electron chi connectivity index (χ0n) is 16.8. The van der Waals surface area contributed by atoms with Crippen LogP contribution in [0.3, 0.4) is 0 Å². The monoisotopic (exact) mass is 454 g/mol. The SMILES string of the molecule is CS[C@H]1OC([C@H](NC(=O)[C@@H]2CC(F)(CC3CC3)CCN2)[C@H](C)Cl)[C@H](O)[C@H](O)[C@H]1O. The van der Waals surface area contributed by atoms with Crippen molar-refractivity contribution in [1.82, 2.24) is 10.6 Å². The Balaban J connectivity index is 1.67. The fourth-order valence-corrected chi connectivity index (χ4v) is 5.19. The number of carbonyl (C=O) groups excluding carboxylic acids is 1. The highest BCUT2D eigenvalue weighted by molar-refractivity contribution is 7.99. The summed E-state index contributed by atoms with van der Waals surface area (Å²) in [6.07, 6.45) is -0.293. The molecule has 7 nitrogen and oxygen atoms in total. The lowest BCUT2D eigenvalue weighted by molar-refractivity contribution is -0.205. The van der Waals surface area contributed by atoms with E-state index >= 15 is 4.39 Å². The van der Waals surface area contributed by atoms with Gasteiger partial charge in [0.15, 0.2) is 0 Å². The van der Waals surface area contributed by atoms with E-state index in [4.69, 9.17) is 16.3 Å². The Morgan fingerprint density at radius 1 is 1.34 bits per heavy atom. The second kappa shape index (κ2) is 9.54. The van der Waals surface area contributed by atoms with Crippen LogP contribution < -0.4 is 10.6 Å². The molecule has 3 aliphatic rings. The number of aliphatic hydroxyl groups is 3. The highest BCUT2D eigenvalue weighted by Gasteiger charge is 2.49. The van der Waals surface area contributed by atoms with E-state index in [0.29, 0.717) is 25.3 Å². The predicted molar refractivity (Wildman–Crippen MR) is 110 cm³/mol. The zero-order chi connectivity index (χ0) is 21.3. The van der Waals surface area contributed by atoms with Crippen LogP contribution in [0.4, 0.5) is 4.39 Å². The maximum atomic E-state index is 15.2. The lowest BCUT2D eigenvalue weighted by Crippen LogP contribution is -2.65. The summed E-state index contributed by atoms with van der Waals surface area (Å²) in [6, 6.07) is -1.52. The van der Waals surface area contributed by atoms with Crippen molar-refractivity contribution in [3.05, 3.63) is 0 Å². The van der Waals surface area contributed by atoms with E-state index in [9.17, 15) is 20.1 Å². The van der Waals surface area contributed by atoms with Crippen molar-refractivity contribution in [2.24, 2.45) is 5.92 Å². The first kappa shape index (κ1) is 23.5. The normalized spacial score (nSPS) is 42.9. The molecular weight excluding hydrogens is 423 g/mol. The molecule has 1 saturated carbocycles. The largest absolute Gasteiger partial charge is 0.388 e. The number of ether oxygens (including phenoxy) is 1. The van der Waals surface area contributed by atoms with Crippen LogP contribution >= 0.6 is 23.4 Å². The van der Waals surface area contributed by atoms with Gasteiger partial charge in [-0.15, -0.1) is 23.4 Å². The van der Waals surface area contributed by atoms with E-state index < -0.39 is 58.9 Å². The fraction of sp³-hybridized carbons (Fsp3) is 0.947. The average Bonchev–Trinajstić information content (AvgIpc) is 3.48. The number of nitrogens with one attached hydrogen (secondary N) is 2. The minimum absolute atomic E-state index is 0.0988. The number of carbonyl (C=O) groups is 1. The maximum absolute atomic E-state index is 15.2. The predicted octanol–water partition coefficient (Wildman–Crippen LogP) is 0.530. The van der Waals surface area contributed by atoms with Gasteiger partial charge in [0.25, 0.3) is 0 Å². The highest BCUT2D eigenvalue weighted by atomic mass is 35.5. The molecule has 10 heteroatoms. The minimum Gasteiger partial charge on any atom is -0.388 e. The van der Waals surface area contributed by atoms with Crippen LogP contribution in [-0.2, 0) is 9.53 Å². The van der Waals surface area contributed by atoms with Gasteiger partial charge in [-0.25, -0.2) is 4.39 Å². The molecule has 1 amide bonds. The summed E-state index contributed by atoms with van der Waals surface area (Å²) in [7, 11) is 0. The molecule has 168 valence electrons. The van der Waals surface area contributed by atoms with Crippen molar-refractivity contribution in [1.29, 1.82) is 0 Å². The molecule has 9 atom stereocenters. The average molecular weight is 455 g/mol. The third-order valence-electron chi connectivity index (χ3n) is 6.20. The first-order chi connectivity index (χ1) is 13.6. The van der Waals surface area contributed by atoms with Gasteiger partial charge in [0.2, 0.25) is 5.91 Å². The van der Waals surface area contributed by atoms with Crippen molar-refractivity contribution in [3.63, 3.8) is 0 Å². The van der Waals surface area contributed by atoms with Gasteiger partial charge >= 0.3 is 0 Å². The number of amides is 1. The minimum atomic E-state index is -1.43. The van der Waals surface area contributed by atoms with Crippen molar-refractivity contribution < 1.29 is 29.2 Å². The molecule has 2 saturated heterocycles. The Morgan fingerprint density at radius 2 is 2.03 bits per heavy atom. The summed E-state index contributed by atoms with van der Waals surface area (Å²) in [5.74, 6) is 0.0248. The molecule has 0 bridgehead atoms. The number of aliphatic hydroxyl groups excluding tert-OH is 3. The van der Waals surface area contributed by atoms with Crippen LogP contribution in [0.1, 0.15) is 39.0 Å². The van der Waals surface area contributed by atoms with Gasteiger partial charge in [-0.05, 0) is 38.5 Å².